The first-order chi connectivity index (χ1) is 4.77. The predicted molar refractivity (Wildman–Crippen MR) is 41.7 cm³/mol. The van der Waals surface area contributed by atoms with Crippen LogP contribution in [0.5, 0.6) is 0 Å². The summed E-state index contributed by atoms with van der Waals surface area (Å²) in [6, 6.07) is 1.17. The van der Waals surface area contributed by atoms with Crippen LogP contribution in [0.4, 0.5) is 0 Å². The molecule has 3 aliphatic rings. The second-order valence-electron chi connectivity index (χ2n) is 3.85. The smallest absolute Gasteiger partial charge is 0.0244 e. The van der Waals surface area contributed by atoms with Gasteiger partial charge in [-0.15, -0.1) is 0 Å². The topological polar surface area (TPSA) is 29.3 Å². The van der Waals surface area contributed by atoms with Gasteiger partial charge >= 0.3 is 0 Å². The van der Waals surface area contributed by atoms with Crippen molar-refractivity contribution < 1.29 is 0 Å². The molecule has 2 saturated heterocycles. The summed E-state index contributed by atoms with van der Waals surface area (Å²) in [5.74, 6) is 0.907. The zero-order valence-electron chi connectivity index (χ0n) is 6.59. The summed E-state index contributed by atoms with van der Waals surface area (Å²) in [4.78, 5) is 2.43. The van der Waals surface area contributed by atoms with E-state index in [9.17, 15) is 0 Å². The van der Waals surface area contributed by atoms with Gasteiger partial charge in [-0.3, -0.25) is 0 Å². The maximum absolute atomic E-state index is 5.97. The van der Waals surface area contributed by atoms with Crippen LogP contribution in [0.3, 0.4) is 0 Å². The molecular formula is C8H16N2. The Balaban J connectivity index is 2.11. The van der Waals surface area contributed by atoms with Crippen LogP contribution in [0, 0.1) is 5.92 Å². The van der Waals surface area contributed by atoms with Crippen LogP contribution in [-0.4, -0.2) is 30.6 Å². The molecule has 0 radical (unpaired) electrons. The lowest BCUT2D eigenvalue weighted by Crippen LogP contribution is -2.57. The summed E-state index contributed by atoms with van der Waals surface area (Å²) in [6.07, 6.45) is 4.03. The lowest BCUT2D eigenvalue weighted by atomic mass is 9.77. The van der Waals surface area contributed by atoms with E-state index in [2.05, 4.69) is 11.9 Å². The summed E-state index contributed by atoms with van der Waals surface area (Å²) < 4.78 is 0. The third kappa shape index (κ3) is 0.867. The number of fused-ring (bicyclic) bond motifs is 3. The van der Waals surface area contributed by atoms with Gasteiger partial charge in [-0.2, -0.15) is 0 Å². The highest BCUT2D eigenvalue weighted by atomic mass is 15.2. The summed E-state index contributed by atoms with van der Waals surface area (Å²) in [5.41, 5.74) is 5.97. The first kappa shape index (κ1) is 6.62. The van der Waals surface area contributed by atoms with Crippen LogP contribution in [-0.2, 0) is 0 Å². The summed E-state index contributed by atoms with van der Waals surface area (Å²) >= 11 is 0. The molecule has 2 aliphatic heterocycles. The lowest BCUT2D eigenvalue weighted by Gasteiger charge is -2.47. The van der Waals surface area contributed by atoms with E-state index < -0.39 is 0 Å². The van der Waals surface area contributed by atoms with E-state index in [1.807, 2.05) is 0 Å². The zero-order chi connectivity index (χ0) is 7.14. The number of hydrogen-bond donors (Lipinski definition) is 1. The second kappa shape index (κ2) is 2.21. The highest BCUT2D eigenvalue weighted by Crippen LogP contribution is 2.32. The number of likely N-dealkylation sites (N-methyl/N-ethyl adjacent to an activating group) is 1. The average Bonchev–Trinajstić information content (AvgIpc) is 1.86. The molecule has 58 valence electrons. The van der Waals surface area contributed by atoms with E-state index in [4.69, 9.17) is 5.73 Å². The van der Waals surface area contributed by atoms with Gasteiger partial charge in [0.1, 0.15) is 0 Å². The minimum Gasteiger partial charge on any atom is -0.326 e. The van der Waals surface area contributed by atoms with Crippen LogP contribution in [0.25, 0.3) is 0 Å². The van der Waals surface area contributed by atoms with E-state index in [0.717, 1.165) is 5.92 Å². The fourth-order valence-corrected chi connectivity index (χ4v) is 2.54. The molecule has 0 aromatic carbocycles. The summed E-state index contributed by atoms with van der Waals surface area (Å²) in [5, 5.41) is 0. The first-order valence-corrected chi connectivity index (χ1v) is 4.23. The molecule has 2 N–H and O–H groups in total. The Hall–Kier alpha value is -0.0800. The van der Waals surface area contributed by atoms with Crippen molar-refractivity contribution in [2.75, 3.05) is 13.6 Å². The highest BCUT2D eigenvalue weighted by molar-refractivity contribution is 4.94. The molecule has 1 aliphatic carbocycles. The molecule has 2 bridgehead atoms. The molecule has 3 rings (SSSR count). The molecule has 2 nitrogen and oxygen atoms in total. The molecule has 0 spiro atoms. The number of nitrogens with two attached hydrogens (primary N) is 1. The van der Waals surface area contributed by atoms with Crippen molar-refractivity contribution in [3.8, 4) is 0 Å². The molecule has 10 heavy (non-hydrogen) atoms. The average molecular weight is 140 g/mol. The molecule has 0 aromatic heterocycles. The molecule has 2 heteroatoms. The van der Waals surface area contributed by atoms with Crippen molar-refractivity contribution in [1.29, 1.82) is 0 Å². The predicted octanol–water partition coefficient (Wildman–Crippen LogP) is 0.428. The molecule has 0 unspecified atom stereocenters. The SMILES string of the molecule is CN1C[C@H]2CC[C@H]1[C@H](N)C2. The summed E-state index contributed by atoms with van der Waals surface area (Å²) in [6.45, 7) is 1.29. The van der Waals surface area contributed by atoms with Crippen molar-refractivity contribution in [2.24, 2.45) is 11.7 Å². The van der Waals surface area contributed by atoms with Crippen LogP contribution in [0.2, 0.25) is 0 Å². The monoisotopic (exact) mass is 140 g/mol. The van der Waals surface area contributed by atoms with Crippen LogP contribution in [0.1, 0.15) is 19.3 Å². The molecule has 1 saturated carbocycles. The Morgan fingerprint density at radius 2 is 2.20 bits per heavy atom. The van der Waals surface area contributed by atoms with E-state index in [1.54, 1.807) is 0 Å². The number of piperidine rings is 2. The Morgan fingerprint density at radius 1 is 1.40 bits per heavy atom. The van der Waals surface area contributed by atoms with E-state index in [0.29, 0.717) is 12.1 Å². The molecule has 0 amide bonds. The molecule has 3 fully saturated rings. The van der Waals surface area contributed by atoms with Gasteiger partial charge in [-0.25, -0.2) is 0 Å². The fourth-order valence-electron chi connectivity index (χ4n) is 2.54. The molecule has 3 atom stereocenters. The minimum atomic E-state index is 0.470. The van der Waals surface area contributed by atoms with Gasteiger partial charge in [0.15, 0.2) is 0 Å². The van der Waals surface area contributed by atoms with Gasteiger partial charge in [-0.1, -0.05) is 0 Å². The quantitative estimate of drug-likeness (QED) is 0.528. The van der Waals surface area contributed by atoms with Crippen molar-refractivity contribution in [1.82, 2.24) is 4.90 Å². The standard InChI is InChI=1S/C8H16N2/c1-10-5-6-2-3-8(10)7(9)4-6/h6-8H,2-5,9H2,1H3/t6-,7+,8-/m0/s1. The second-order valence-corrected chi connectivity index (χ2v) is 3.85. The third-order valence-corrected chi connectivity index (χ3v) is 3.08. The van der Waals surface area contributed by atoms with Crippen LogP contribution < -0.4 is 5.73 Å². The van der Waals surface area contributed by atoms with Gasteiger partial charge in [0.05, 0.1) is 0 Å². The lowest BCUT2D eigenvalue weighted by molar-refractivity contribution is 0.0542. The van der Waals surface area contributed by atoms with Gasteiger partial charge in [0.2, 0.25) is 0 Å². The van der Waals surface area contributed by atoms with E-state index >= 15 is 0 Å². The van der Waals surface area contributed by atoms with Crippen LogP contribution >= 0.6 is 0 Å². The Labute approximate surface area is 62.4 Å². The Morgan fingerprint density at radius 3 is 2.60 bits per heavy atom. The van der Waals surface area contributed by atoms with Gasteiger partial charge in [-0.05, 0) is 32.2 Å². The fraction of sp³-hybridized carbons (Fsp3) is 1.00. The van der Waals surface area contributed by atoms with E-state index in [-0.39, 0.29) is 0 Å². The van der Waals surface area contributed by atoms with Crippen molar-refractivity contribution >= 4 is 0 Å². The molecule has 2 heterocycles. The normalized spacial score (nSPS) is 48.0. The van der Waals surface area contributed by atoms with Crippen molar-refractivity contribution in [3.63, 3.8) is 0 Å². The minimum absolute atomic E-state index is 0.470. The third-order valence-electron chi connectivity index (χ3n) is 3.08. The number of rotatable bonds is 0. The number of nitrogens with zero attached hydrogens (tertiary/aromatic N) is 1. The Kier molecular flexibility index (Phi) is 1.46. The first-order valence-electron chi connectivity index (χ1n) is 4.23. The molecular weight excluding hydrogens is 124 g/mol. The maximum atomic E-state index is 5.97. The molecule has 0 aromatic rings. The maximum Gasteiger partial charge on any atom is 0.0244 e. The van der Waals surface area contributed by atoms with Crippen molar-refractivity contribution in [2.45, 2.75) is 31.3 Å². The van der Waals surface area contributed by atoms with Gasteiger partial charge < -0.3 is 10.6 Å². The zero-order valence-corrected chi connectivity index (χ0v) is 6.59. The largest absolute Gasteiger partial charge is 0.326 e. The Bertz CT molecular complexity index is 123. The number of hydrogen-bond acceptors (Lipinski definition) is 2. The summed E-state index contributed by atoms with van der Waals surface area (Å²) in [7, 11) is 2.20. The van der Waals surface area contributed by atoms with Gasteiger partial charge in [0.25, 0.3) is 0 Å². The van der Waals surface area contributed by atoms with Gasteiger partial charge in [0, 0.05) is 18.6 Å². The van der Waals surface area contributed by atoms with E-state index in [1.165, 1.54) is 25.8 Å². The highest BCUT2D eigenvalue weighted by Gasteiger charge is 2.36. The van der Waals surface area contributed by atoms with Crippen molar-refractivity contribution in [3.05, 3.63) is 0 Å². The van der Waals surface area contributed by atoms with Crippen LogP contribution in [0.15, 0.2) is 0 Å².